The first-order valence-electron chi connectivity index (χ1n) is 8.28. The lowest BCUT2D eigenvalue weighted by Crippen LogP contribution is -2.43. The summed E-state index contributed by atoms with van der Waals surface area (Å²) in [6.45, 7) is 1.97. The summed E-state index contributed by atoms with van der Waals surface area (Å²) < 4.78 is 10.6. The predicted octanol–water partition coefficient (Wildman–Crippen LogP) is 3.03. The van der Waals surface area contributed by atoms with Crippen LogP contribution < -0.4 is 9.47 Å². The van der Waals surface area contributed by atoms with Crippen LogP contribution in [0, 0.1) is 5.92 Å². The third kappa shape index (κ3) is 3.19. The molecular formula is C18H23NO4. The van der Waals surface area contributed by atoms with E-state index in [1.165, 1.54) is 6.42 Å². The molecule has 3 rings (SSSR count). The molecule has 1 aliphatic carbocycles. The average Bonchev–Trinajstić information content (AvgIpc) is 3.07. The van der Waals surface area contributed by atoms with Gasteiger partial charge < -0.3 is 14.4 Å². The number of amides is 1. The molecule has 1 fully saturated rings. The van der Waals surface area contributed by atoms with Crippen molar-refractivity contribution in [3.05, 3.63) is 23.8 Å². The van der Waals surface area contributed by atoms with Crippen molar-refractivity contribution in [3.8, 4) is 11.5 Å². The molecule has 0 saturated heterocycles. The van der Waals surface area contributed by atoms with E-state index in [2.05, 4.69) is 0 Å². The van der Waals surface area contributed by atoms with Crippen LogP contribution >= 0.6 is 0 Å². The number of fused-ring (bicyclic) bond motifs is 1. The second-order valence-electron chi connectivity index (χ2n) is 6.39. The molecule has 5 heteroatoms. The number of carbonyl (C=O) groups is 2. The molecule has 0 spiro atoms. The first kappa shape index (κ1) is 15.8. The van der Waals surface area contributed by atoms with E-state index in [4.69, 9.17) is 9.47 Å². The van der Waals surface area contributed by atoms with Crippen molar-refractivity contribution in [1.82, 2.24) is 4.90 Å². The summed E-state index contributed by atoms with van der Waals surface area (Å²) in [4.78, 5) is 26.9. The maximum atomic E-state index is 12.7. The normalized spacial score (nSPS) is 18.5. The van der Waals surface area contributed by atoms with Crippen LogP contribution in [-0.2, 0) is 4.79 Å². The quantitative estimate of drug-likeness (QED) is 0.801. The molecule has 0 bridgehead atoms. The molecule has 1 aliphatic heterocycles. The number of benzene rings is 1. The highest BCUT2D eigenvalue weighted by Crippen LogP contribution is 2.33. The predicted molar refractivity (Wildman–Crippen MR) is 85.7 cm³/mol. The lowest BCUT2D eigenvalue weighted by molar-refractivity contribution is -0.136. The summed E-state index contributed by atoms with van der Waals surface area (Å²) in [6.07, 6.45) is 5.30. The van der Waals surface area contributed by atoms with Gasteiger partial charge in [-0.15, -0.1) is 0 Å². The maximum absolute atomic E-state index is 12.7. The number of rotatable bonds is 4. The van der Waals surface area contributed by atoms with Crippen LogP contribution in [-0.4, -0.2) is 36.5 Å². The van der Waals surface area contributed by atoms with Gasteiger partial charge in [0.1, 0.15) is 0 Å². The van der Waals surface area contributed by atoms with E-state index in [-0.39, 0.29) is 24.4 Å². The van der Waals surface area contributed by atoms with Gasteiger partial charge in [-0.3, -0.25) is 9.59 Å². The largest absolute Gasteiger partial charge is 0.454 e. The van der Waals surface area contributed by atoms with Crippen LogP contribution in [0.2, 0.25) is 0 Å². The molecule has 0 aromatic heterocycles. The summed E-state index contributed by atoms with van der Waals surface area (Å²) in [6, 6.07) is 4.68. The molecule has 1 aromatic rings. The van der Waals surface area contributed by atoms with Gasteiger partial charge in [0.15, 0.2) is 17.3 Å². The summed E-state index contributed by atoms with van der Waals surface area (Å²) in [5.74, 6) is 1.33. The summed E-state index contributed by atoms with van der Waals surface area (Å²) in [7, 11) is 1.73. The average molecular weight is 317 g/mol. The van der Waals surface area contributed by atoms with Crippen molar-refractivity contribution in [2.45, 2.75) is 45.1 Å². The minimum Gasteiger partial charge on any atom is -0.454 e. The van der Waals surface area contributed by atoms with Crippen molar-refractivity contribution in [3.63, 3.8) is 0 Å². The Labute approximate surface area is 136 Å². The van der Waals surface area contributed by atoms with Gasteiger partial charge in [0, 0.05) is 18.5 Å². The van der Waals surface area contributed by atoms with Crippen molar-refractivity contribution in [2.75, 3.05) is 13.8 Å². The lowest BCUT2D eigenvalue weighted by Gasteiger charge is -2.30. The van der Waals surface area contributed by atoms with Gasteiger partial charge in [-0.2, -0.15) is 0 Å². The number of carbonyl (C=O) groups excluding carboxylic acids is 2. The summed E-state index contributed by atoms with van der Waals surface area (Å²) in [5.41, 5.74) is 0.546. The van der Waals surface area contributed by atoms with Gasteiger partial charge in [0.25, 0.3) is 0 Å². The molecule has 1 amide bonds. The van der Waals surface area contributed by atoms with Gasteiger partial charge in [-0.25, -0.2) is 0 Å². The molecule has 0 N–H and O–H groups in total. The van der Waals surface area contributed by atoms with Crippen molar-refractivity contribution in [2.24, 2.45) is 5.92 Å². The molecule has 1 saturated carbocycles. The highest BCUT2D eigenvalue weighted by molar-refractivity contribution is 6.02. The van der Waals surface area contributed by atoms with Crippen LogP contribution in [0.4, 0.5) is 0 Å². The Kier molecular flexibility index (Phi) is 4.55. The Morgan fingerprint density at radius 2 is 1.83 bits per heavy atom. The monoisotopic (exact) mass is 317 g/mol. The Hall–Kier alpha value is -2.04. The number of nitrogens with zero attached hydrogens (tertiary/aromatic N) is 1. The second kappa shape index (κ2) is 6.60. The van der Waals surface area contributed by atoms with Crippen LogP contribution in [0.25, 0.3) is 0 Å². The fourth-order valence-corrected chi connectivity index (χ4v) is 3.30. The van der Waals surface area contributed by atoms with E-state index in [1.807, 2.05) is 0 Å². The van der Waals surface area contributed by atoms with Gasteiger partial charge in [-0.1, -0.05) is 19.3 Å². The number of hydrogen-bond acceptors (Lipinski definition) is 4. The molecule has 1 atom stereocenters. The minimum absolute atomic E-state index is 0.0701. The second-order valence-corrected chi connectivity index (χ2v) is 6.39. The van der Waals surface area contributed by atoms with Gasteiger partial charge in [0.05, 0.1) is 6.04 Å². The number of hydrogen-bond donors (Lipinski definition) is 0. The molecule has 1 unspecified atom stereocenters. The van der Waals surface area contributed by atoms with E-state index in [0.717, 1.165) is 25.7 Å². The summed E-state index contributed by atoms with van der Waals surface area (Å²) in [5, 5.41) is 0. The van der Waals surface area contributed by atoms with Crippen LogP contribution in [0.15, 0.2) is 18.2 Å². The Bertz CT molecular complexity index is 607. The van der Waals surface area contributed by atoms with E-state index in [1.54, 1.807) is 37.1 Å². The van der Waals surface area contributed by atoms with E-state index in [0.29, 0.717) is 17.1 Å². The number of ketones is 1. The van der Waals surface area contributed by atoms with E-state index >= 15 is 0 Å². The molecule has 1 aromatic carbocycles. The van der Waals surface area contributed by atoms with E-state index < -0.39 is 6.04 Å². The van der Waals surface area contributed by atoms with Gasteiger partial charge >= 0.3 is 0 Å². The molecule has 1 heterocycles. The van der Waals surface area contributed by atoms with Crippen molar-refractivity contribution in [1.29, 1.82) is 0 Å². The zero-order valence-electron chi connectivity index (χ0n) is 13.7. The van der Waals surface area contributed by atoms with Gasteiger partial charge in [-0.05, 0) is 38.0 Å². The smallest absolute Gasteiger partial charge is 0.231 e. The fourth-order valence-electron chi connectivity index (χ4n) is 3.30. The highest BCUT2D eigenvalue weighted by atomic mass is 16.7. The van der Waals surface area contributed by atoms with Crippen LogP contribution in [0.1, 0.15) is 49.4 Å². The summed E-state index contributed by atoms with van der Waals surface area (Å²) >= 11 is 0. The first-order chi connectivity index (χ1) is 11.1. The highest BCUT2D eigenvalue weighted by Gasteiger charge is 2.30. The maximum Gasteiger partial charge on any atom is 0.231 e. The van der Waals surface area contributed by atoms with Gasteiger partial charge in [0.2, 0.25) is 12.7 Å². The molecule has 5 nitrogen and oxygen atoms in total. The topological polar surface area (TPSA) is 55.8 Å². The Balaban J connectivity index is 1.69. The fraction of sp³-hybridized carbons (Fsp3) is 0.556. The molecule has 124 valence electrons. The zero-order chi connectivity index (χ0) is 16.4. The Morgan fingerprint density at radius 1 is 1.13 bits per heavy atom. The first-order valence-corrected chi connectivity index (χ1v) is 8.28. The third-order valence-corrected chi connectivity index (χ3v) is 4.92. The van der Waals surface area contributed by atoms with Crippen LogP contribution in [0.5, 0.6) is 11.5 Å². The number of likely N-dealkylation sites (N-methyl/N-ethyl adjacent to an activating group) is 1. The lowest BCUT2D eigenvalue weighted by atomic mass is 9.88. The Morgan fingerprint density at radius 3 is 2.57 bits per heavy atom. The van der Waals surface area contributed by atoms with E-state index in [9.17, 15) is 9.59 Å². The number of Topliss-reactive ketones (excluding diaryl/α,β-unsaturated/α-hetero) is 1. The third-order valence-electron chi connectivity index (χ3n) is 4.92. The SMILES string of the molecule is CC(C(=O)c1ccc2c(c1)OCO2)N(C)C(=O)C1CCCCC1. The zero-order valence-corrected chi connectivity index (χ0v) is 13.7. The van der Waals surface area contributed by atoms with Crippen molar-refractivity contribution < 1.29 is 19.1 Å². The minimum atomic E-state index is -0.482. The van der Waals surface area contributed by atoms with Crippen molar-refractivity contribution >= 4 is 11.7 Å². The number of ether oxygens (including phenoxy) is 2. The molecule has 2 aliphatic rings. The van der Waals surface area contributed by atoms with Crippen LogP contribution in [0.3, 0.4) is 0 Å². The molecule has 23 heavy (non-hydrogen) atoms. The standard InChI is InChI=1S/C18H23NO4/c1-12(19(2)18(21)13-6-4-3-5-7-13)17(20)14-8-9-15-16(10-14)23-11-22-15/h8-10,12-13H,3-7,11H2,1-2H3. The molecular weight excluding hydrogens is 294 g/mol. The molecule has 0 radical (unpaired) electrons.